The van der Waals surface area contributed by atoms with E-state index in [-0.39, 0.29) is 23.3 Å². The van der Waals surface area contributed by atoms with Crippen LogP contribution in [0.15, 0.2) is 12.7 Å². The summed E-state index contributed by atoms with van der Waals surface area (Å²) in [7, 11) is 1.29. The van der Waals surface area contributed by atoms with Crippen LogP contribution in [0.3, 0.4) is 0 Å². The smallest absolute Gasteiger partial charge is 0.354 e. The average Bonchev–Trinajstić information content (AvgIpc) is 3.36. The Morgan fingerprint density at radius 3 is 2.50 bits per heavy atom. The minimum Gasteiger partial charge on any atom is -0.464 e. The lowest BCUT2D eigenvalue weighted by molar-refractivity contribution is -0.133. The molecule has 6 nitrogen and oxygen atoms in total. The summed E-state index contributed by atoms with van der Waals surface area (Å²) in [6, 6.07) is -0.616. The molecule has 1 N–H and O–H groups in total. The van der Waals surface area contributed by atoms with Gasteiger partial charge in [0.2, 0.25) is 5.91 Å². The van der Waals surface area contributed by atoms with Gasteiger partial charge in [-0.3, -0.25) is 9.59 Å². The van der Waals surface area contributed by atoms with E-state index in [9.17, 15) is 14.4 Å². The van der Waals surface area contributed by atoms with Gasteiger partial charge in [-0.25, -0.2) is 4.79 Å². The van der Waals surface area contributed by atoms with Crippen molar-refractivity contribution < 1.29 is 19.1 Å². The van der Waals surface area contributed by atoms with E-state index in [1.54, 1.807) is 31.7 Å². The number of nitrogens with zero attached hydrogens (tertiary/aromatic N) is 1. The highest BCUT2D eigenvalue weighted by molar-refractivity contribution is 6.06. The number of rotatable bonds is 7. The Labute approximate surface area is 141 Å². The van der Waals surface area contributed by atoms with Crippen LogP contribution in [0.5, 0.6) is 0 Å². The van der Waals surface area contributed by atoms with Crippen molar-refractivity contribution in [2.24, 2.45) is 5.92 Å². The Balaban J connectivity index is 2.32. The average molecular weight is 332 g/mol. The van der Waals surface area contributed by atoms with Crippen LogP contribution < -0.4 is 0 Å². The van der Waals surface area contributed by atoms with Crippen molar-refractivity contribution in [3.05, 3.63) is 35.2 Å². The normalized spacial score (nSPS) is 14.8. The number of carbonyl (C=O) groups excluding carboxylic acids is 3. The number of amides is 1. The summed E-state index contributed by atoms with van der Waals surface area (Å²) in [5.41, 5.74) is 1.87. The second-order valence-electron chi connectivity index (χ2n) is 6.21. The maximum absolute atomic E-state index is 13.0. The van der Waals surface area contributed by atoms with Crippen LogP contribution in [0, 0.1) is 19.8 Å². The molecule has 1 saturated carbocycles. The summed E-state index contributed by atoms with van der Waals surface area (Å²) >= 11 is 0. The highest BCUT2D eigenvalue weighted by Gasteiger charge is 2.37. The molecule has 1 heterocycles. The monoisotopic (exact) mass is 332 g/mol. The second-order valence-corrected chi connectivity index (χ2v) is 6.21. The van der Waals surface area contributed by atoms with Crippen LogP contribution in [0.25, 0.3) is 0 Å². The van der Waals surface area contributed by atoms with Gasteiger partial charge in [0.05, 0.1) is 13.2 Å². The fourth-order valence-electron chi connectivity index (χ4n) is 2.92. The van der Waals surface area contributed by atoms with Crippen molar-refractivity contribution in [3.63, 3.8) is 0 Å². The van der Waals surface area contributed by atoms with Crippen LogP contribution in [0.1, 0.15) is 51.9 Å². The molecule has 24 heavy (non-hydrogen) atoms. The molecule has 130 valence electrons. The van der Waals surface area contributed by atoms with Crippen molar-refractivity contribution in [1.82, 2.24) is 9.88 Å². The maximum Gasteiger partial charge on any atom is 0.354 e. The molecule has 2 rings (SSSR count). The lowest BCUT2D eigenvalue weighted by Gasteiger charge is -2.27. The van der Waals surface area contributed by atoms with Gasteiger partial charge in [0.25, 0.3) is 0 Å². The molecule has 1 aliphatic rings. The predicted octanol–water partition coefficient (Wildman–Crippen LogP) is 2.41. The lowest BCUT2D eigenvalue weighted by Crippen LogP contribution is -2.44. The molecule has 0 saturated heterocycles. The van der Waals surface area contributed by atoms with Crippen molar-refractivity contribution in [3.8, 4) is 0 Å². The van der Waals surface area contributed by atoms with Crippen LogP contribution in [-0.4, -0.2) is 47.2 Å². The summed E-state index contributed by atoms with van der Waals surface area (Å²) in [6.45, 7) is 9.16. The summed E-state index contributed by atoms with van der Waals surface area (Å²) in [6.07, 6.45) is 3.38. The molecule has 0 aliphatic heterocycles. The van der Waals surface area contributed by atoms with Crippen LogP contribution in [0.2, 0.25) is 0 Å². The van der Waals surface area contributed by atoms with E-state index in [1.807, 2.05) is 0 Å². The fraction of sp³-hybridized carbons (Fsp3) is 0.500. The Morgan fingerprint density at radius 2 is 2.00 bits per heavy atom. The zero-order chi connectivity index (χ0) is 18.0. The Hall–Kier alpha value is -2.37. The van der Waals surface area contributed by atoms with E-state index in [4.69, 9.17) is 4.74 Å². The van der Waals surface area contributed by atoms with E-state index in [0.29, 0.717) is 23.4 Å². The van der Waals surface area contributed by atoms with Crippen LogP contribution in [-0.2, 0) is 9.53 Å². The highest BCUT2D eigenvalue weighted by Crippen LogP contribution is 2.32. The molecule has 0 aromatic carbocycles. The Kier molecular flexibility index (Phi) is 5.26. The van der Waals surface area contributed by atoms with Crippen molar-refractivity contribution >= 4 is 17.7 Å². The van der Waals surface area contributed by atoms with Gasteiger partial charge >= 0.3 is 5.97 Å². The van der Waals surface area contributed by atoms with Gasteiger partial charge < -0.3 is 14.6 Å². The molecule has 0 spiro atoms. The molecule has 0 radical (unpaired) electrons. The second kappa shape index (κ2) is 7.03. The number of hydrogen-bond acceptors (Lipinski definition) is 4. The van der Waals surface area contributed by atoms with Gasteiger partial charge in [-0.2, -0.15) is 0 Å². The third-order valence-corrected chi connectivity index (χ3v) is 4.46. The SMILES string of the molecule is C=CCN(C(=O)C1CC1)[C@H](C)C(=O)c1c(C)[nH]c(C(=O)OC)c1C. The third-order valence-electron chi connectivity index (χ3n) is 4.46. The number of Topliss-reactive ketones (excluding diaryl/α,β-unsaturated/α-hetero) is 1. The Morgan fingerprint density at radius 1 is 1.38 bits per heavy atom. The maximum atomic E-state index is 13.0. The summed E-state index contributed by atoms with van der Waals surface area (Å²) in [5.74, 6) is -0.680. The molecule has 1 aromatic heterocycles. The molecule has 0 unspecified atom stereocenters. The standard InChI is InChI=1S/C18H24N2O4/c1-6-9-20(17(22)13-7-8-13)12(4)16(21)14-10(2)15(18(23)24-5)19-11(14)3/h6,12-13,19H,1,7-9H2,2-5H3/t12-/m1/s1. The van der Waals surface area contributed by atoms with Crippen molar-refractivity contribution in [2.75, 3.05) is 13.7 Å². The predicted molar refractivity (Wildman–Crippen MR) is 90.0 cm³/mol. The van der Waals surface area contributed by atoms with E-state index >= 15 is 0 Å². The number of H-pyrrole nitrogens is 1. The van der Waals surface area contributed by atoms with Gasteiger partial charge in [-0.05, 0) is 39.2 Å². The molecule has 1 fully saturated rings. The zero-order valence-electron chi connectivity index (χ0n) is 14.6. The van der Waals surface area contributed by atoms with Gasteiger partial charge in [0, 0.05) is 23.7 Å². The zero-order valence-corrected chi connectivity index (χ0v) is 14.6. The number of aromatic amines is 1. The number of esters is 1. The highest BCUT2D eigenvalue weighted by atomic mass is 16.5. The number of aromatic nitrogens is 1. The number of methoxy groups -OCH3 is 1. The topological polar surface area (TPSA) is 79.5 Å². The largest absolute Gasteiger partial charge is 0.464 e. The molecular weight excluding hydrogens is 308 g/mol. The van der Waals surface area contributed by atoms with E-state index < -0.39 is 12.0 Å². The van der Waals surface area contributed by atoms with Gasteiger partial charge in [0.1, 0.15) is 5.69 Å². The first kappa shape index (κ1) is 18.0. The molecule has 1 amide bonds. The first-order valence-electron chi connectivity index (χ1n) is 8.06. The summed E-state index contributed by atoms with van der Waals surface area (Å²) < 4.78 is 4.73. The molecular formula is C18H24N2O4. The summed E-state index contributed by atoms with van der Waals surface area (Å²) in [5, 5.41) is 0. The lowest BCUT2D eigenvalue weighted by atomic mass is 9.99. The van der Waals surface area contributed by atoms with Gasteiger partial charge in [0.15, 0.2) is 5.78 Å². The Bertz CT molecular complexity index is 685. The van der Waals surface area contributed by atoms with E-state index in [2.05, 4.69) is 11.6 Å². The fourth-order valence-corrected chi connectivity index (χ4v) is 2.92. The third kappa shape index (κ3) is 3.27. The number of hydrogen-bond donors (Lipinski definition) is 1. The summed E-state index contributed by atoms with van der Waals surface area (Å²) in [4.78, 5) is 41.7. The van der Waals surface area contributed by atoms with Crippen LogP contribution >= 0.6 is 0 Å². The molecule has 1 atom stereocenters. The minimum absolute atomic E-state index is 0.00483. The number of ether oxygens (including phenoxy) is 1. The van der Waals surface area contributed by atoms with E-state index in [0.717, 1.165) is 12.8 Å². The number of carbonyl (C=O) groups is 3. The number of aryl methyl sites for hydroxylation is 1. The van der Waals surface area contributed by atoms with E-state index in [1.165, 1.54) is 7.11 Å². The van der Waals surface area contributed by atoms with Gasteiger partial charge in [-0.15, -0.1) is 6.58 Å². The first-order valence-corrected chi connectivity index (χ1v) is 8.06. The molecule has 6 heteroatoms. The molecule has 1 aromatic rings. The molecule has 1 aliphatic carbocycles. The quantitative estimate of drug-likeness (QED) is 0.472. The van der Waals surface area contributed by atoms with Crippen molar-refractivity contribution in [2.45, 2.75) is 39.7 Å². The van der Waals surface area contributed by atoms with Gasteiger partial charge in [-0.1, -0.05) is 6.08 Å². The van der Waals surface area contributed by atoms with Crippen LogP contribution in [0.4, 0.5) is 0 Å². The number of ketones is 1. The number of nitrogens with one attached hydrogen (secondary N) is 1. The first-order chi connectivity index (χ1) is 11.3. The minimum atomic E-state index is -0.616. The molecule has 0 bridgehead atoms. The van der Waals surface area contributed by atoms with Crippen molar-refractivity contribution in [1.29, 1.82) is 0 Å².